The van der Waals surface area contributed by atoms with Gasteiger partial charge in [-0.15, -0.1) is 0 Å². The molecule has 0 fully saturated rings. The van der Waals surface area contributed by atoms with E-state index in [0.717, 1.165) is 30.8 Å². The smallest absolute Gasteiger partial charge is 0.140 e. The molecule has 0 amide bonds. The Hall–Kier alpha value is -0.830. The number of fused-ring (bicyclic) bond motifs is 1. The van der Waals surface area contributed by atoms with E-state index in [9.17, 15) is 0 Å². The van der Waals surface area contributed by atoms with Gasteiger partial charge in [0.2, 0.25) is 0 Å². The summed E-state index contributed by atoms with van der Waals surface area (Å²) in [4.78, 5) is 0. The van der Waals surface area contributed by atoms with E-state index < -0.39 is 0 Å². The molecular weight excluding hydrogens is 188 g/mol. The zero-order valence-corrected chi connectivity index (χ0v) is 9.68. The highest BCUT2D eigenvalue weighted by Gasteiger charge is 2.17. The molecule has 2 rings (SSSR count). The Labute approximate surface area is 91.2 Å². The van der Waals surface area contributed by atoms with Gasteiger partial charge in [-0.3, -0.25) is 0 Å². The highest BCUT2D eigenvalue weighted by atomic mass is 16.5. The molecule has 0 bridgehead atoms. The van der Waals surface area contributed by atoms with Crippen LogP contribution in [-0.2, 0) is 19.4 Å². The minimum atomic E-state index is 0.503. The Kier molecular flexibility index (Phi) is 3.41. The molecule has 1 aromatic heterocycles. The molecule has 1 aliphatic rings. The third-order valence-electron chi connectivity index (χ3n) is 2.96. The van der Waals surface area contributed by atoms with Gasteiger partial charge in [0.25, 0.3) is 0 Å². The van der Waals surface area contributed by atoms with Crippen LogP contribution in [0.25, 0.3) is 0 Å². The van der Waals surface area contributed by atoms with E-state index in [2.05, 4.69) is 24.3 Å². The van der Waals surface area contributed by atoms with Crippen molar-refractivity contribution < 1.29 is 4.52 Å². The predicted octanol–water partition coefficient (Wildman–Crippen LogP) is 2.44. The van der Waals surface area contributed by atoms with Gasteiger partial charge in [0, 0.05) is 24.6 Å². The summed E-state index contributed by atoms with van der Waals surface area (Å²) in [5.41, 5.74) is 2.50. The first kappa shape index (κ1) is 10.7. The van der Waals surface area contributed by atoms with E-state index in [0.29, 0.717) is 6.04 Å². The lowest BCUT2D eigenvalue weighted by Crippen LogP contribution is -2.22. The number of aromatic nitrogens is 1. The fourth-order valence-corrected chi connectivity index (χ4v) is 2.07. The first-order valence-electron chi connectivity index (χ1n) is 5.97. The second-order valence-corrected chi connectivity index (χ2v) is 4.63. The van der Waals surface area contributed by atoms with Crippen LogP contribution in [-0.4, -0.2) is 11.2 Å². The first-order chi connectivity index (χ1) is 7.27. The van der Waals surface area contributed by atoms with Crippen LogP contribution >= 0.6 is 0 Å². The van der Waals surface area contributed by atoms with Crippen LogP contribution in [0.5, 0.6) is 0 Å². The summed E-state index contributed by atoms with van der Waals surface area (Å²) in [5, 5.41) is 7.57. The Bertz CT molecular complexity index is 317. The fraction of sp³-hybridized carbons (Fsp3) is 0.750. The van der Waals surface area contributed by atoms with Gasteiger partial charge in [0.1, 0.15) is 11.5 Å². The molecule has 0 aliphatic heterocycles. The largest absolute Gasteiger partial charge is 0.361 e. The van der Waals surface area contributed by atoms with Gasteiger partial charge >= 0.3 is 0 Å². The summed E-state index contributed by atoms with van der Waals surface area (Å²) in [6.07, 6.45) is 6.07. The monoisotopic (exact) mass is 208 g/mol. The maximum Gasteiger partial charge on any atom is 0.140 e. The number of aryl methyl sites for hydroxylation is 1. The van der Waals surface area contributed by atoms with Crippen molar-refractivity contribution in [2.45, 2.75) is 58.5 Å². The van der Waals surface area contributed by atoms with Crippen molar-refractivity contribution >= 4 is 0 Å². The number of hydrogen-bond donors (Lipinski definition) is 1. The van der Waals surface area contributed by atoms with Crippen molar-refractivity contribution in [3.8, 4) is 0 Å². The zero-order valence-electron chi connectivity index (χ0n) is 9.68. The van der Waals surface area contributed by atoms with Crippen molar-refractivity contribution in [3.05, 3.63) is 17.0 Å². The highest BCUT2D eigenvalue weighted by molar-refractivity contribution is 5.24. The number of nitrogens with one attached hydrogen (secondary N) is 1. The van der Waals surface area contributed by atoms with Gasteiger partial charge in [-0.2, -0.15) is 0 Å². The third-order valence-corrected chi connectivity index (χ3v) is 2.96. The lowest BCUT2D eigenvalue weighted by atomic mass is 10.1. The molecule has 1 aliphatic carbocycles. The van der Waals surface area contributed by atoms with Crippen LogP contribution in [0.4, 0.5) is 0 Å². The van der Waals surface area contributed by atoms with Crippen molar-refractivity contribution in [2.75, 3.05) is 0 Å². The zero-order chi connectivity index (χ0) is 10.7. The number of rotatable bonds is 3. The molecule has 1 N–H and O–H groups in total. The van der Waals surface area contributed by atoms with Crippen LogP contribution in [0.15, 0.2) is 4.52 Å². The average Bonchev–Trinajstić information content (AvgIpc) is 2.44. The molecule has 0 atom stereocenters. The molecule has 0 aromatic carbocycles. The maximum absolute atomic E-state index is 5.41. The summed E-state index contributed by atoms with van der Waals surface area (Å²) in [5.74, 6) is 1.13. The summed E-state index contributed by atoms with van der Waals surface area (Å²) in [6.45, 7) is 5.15. The summed E-state index contributed by atoms with van der Waals surface area (Å²) in [7, 11) is 0. The molecule has 0 spiro atoms. The predicted molar refractivity (Wildman–Crippen MR) is 59.7 cm³/mol. The van der Waals surface area contributed by atoms with Gasteiger partial charge < -0.3 is 9.84 Å². The molecule has 1 heterocycles. The van der Waals surface area contributed by atoms with Crippen molar-refractivity contribution in [1.29, 1.82) is 0 Å². The molecule has 0 unspecified atom stereocenters. The quantitative estimate of drug-likeness (QED) is 0.775. The van der Waals surface area contributed by atoms with E-state index in [-0.39, 0.29) is 0 Å². The number of nitrogens with zero attached hydrogens (tertiary/aromatic N) is 1. The van der Waals surface area contributed by atoms with Gasteiger partial charge in [-0.1, -0.05) is 25.4 Å². The highest BCUT2D eigenvalue weighted by Crippen LogP contribution is 2.23. The van der Waals surface area contributed by atoms with Crippen molar-refractivity contribution in [1.82, 2.24) is 10.5 Å². The van der Waals surface area contributed by atoms with Crippen LogP contribution in [0.2, 0.25) is 0 Å². The molecule has 84 valence electrons. The molecule has 0 radical (unpaired) electrons. The Morgan fingerprint density at radius 2 is 2.07 bits per heavy atom. The second-order valence-electron chi connectivity index (χ2n) is 4.63. The van der Waals surface area contributed by atoms with Gasteiger partial charge in [0.05, 0.1) is 0 Å². The standard InChI is InChI=1S/C12H20N2O/c1-9(2)13-8-11-10-6-4-3-5-7-12(10)15-14-11/h9,13H,3-8H2,1-2H3. The topological polar surface area (TPSA) is 38.1 Å². The Morgan fingerprint density at radius 3 is 2.87 bits per heavy atom. The van der Waals surface area contributed by atoms with E-state index in [1.807, 2.05) is 0 Å². The van der Waals surface area contributed by atoms with E-state index in [1.165, 1.54) is 24.8 Å². The lowest BCUT2D eigenvalue weighted by Gasteiger charge is -2.06. The van der Waals surface area contributed by atoms with Crippen LogP contribution in [0, 0.1) is 0 Å². The minimum Gasteiger partial charge on any atom is -0.361 e. The van der Waals surface area contributed by atoms with Gasteiger partial charge in [-0.05, 0) is 19.3 Å². The summed E-state index contributed by atoms with van der Waals surface area (Å²) < 4.78 is 5.41. The molecule has 0 saturated carbocycles. The molecule has 3 heteroatoms. The SMILES string of the molecule is CC(C)NCc1noc2c1CCCCC2. The Morgan fingerprint density at radius 1 is 1.27 bits per heavy atom. The van der Waals surface area contributed by atoms with Crippen LogP contribution < -0.4 is 5.32 Å². The maximum atomic E-state index is 5.41. The normalized spacial score (nSPS) is 16.5. The minimum absolute atomic E-state index is 0.503. The molecule has 0 saturated heterocycles. The van der Waals surface area contributed by atoms with Crippen molar-refractivity contribution in [2.24, 2.45) is 0 Å². The molecule has 1 aromatic rings. The van der Waals surface area contributed by atoms with E-state index >= 15 is 0 Å². The van der Waals surface area contributed by atoms with Crippen LogP contribution in [0.1, 0.15) is 50.1 Å². The number of hydrogen-bond acceptors (Lipinski definition) is 3. The summed E-state index contributed by atoms with van der Waals surface area (Å²) >= 11 is 0. The van der Waals surface area contributed by atoms with Crippen LogP contribution in [0.3, 0.4) is 0 Å². The lowest BCUT2D eigenvalue weighted by molar-refractivity contribution is 0.371. The van der Waals surface area contributed by atoms with Gasteiger partial charge in [-0.25, -0.2) is 0 Å². The van der Waals surface area contributed by atoms with E-state index in [4.69, 9.17) is 4.52 Å². The molecule has 3 nitrogen and oxygen atoms in total. The van der Waals surface area contributed by atoms with Gasteiger partial charge in [0.15, 0.2) is 0 Å². The Balaban J connectivity index is 2.08. The van der Waals surface area contributed by atoms with Crippen molar-refractivity contribution in [3.63, 3.8) is 0 Å². The second kappa shape index (κ2) is 4.79. The molecular formula is C12H20N2O. The van der Waals surface area contributed by atoms with E-state index in [1.54, 1.807) is 0 Å². The first-order valence-corrected chi connectivity index (χ1v) is 5.97. The molecule has 15 heavy (non-hydrogen) atoms. The fourth-order valence-electron chi connectivity index (χ4n) is 2.07. The third kappa shape index (κ3) is 2.59. The average molecular weight is 208 g/mol. The summed E-state index contributed by atoms with van der Waals surface area (Å²) in [6, 6.07) is 0.503.